The molecule has 1 fully saturated rings. The number of aromatic nitrogens is 2. The lowest BCUT2D eigenvalue weighted by Gasteiger charge is -2.32. The Morgan fingerprint density at radius 1 is 1.14 bits per heavy atom. The third-order valence-electron chi connectivity index (χ3n) is 5.96. The number of anilines is 2. The van der Waals surface area contributed by atoms with Crippen LogP contribution in [-0.4, -0.2) is 72.1 Å². The average molecular weight is 551 g/mol. The maximum Gasteiger partial charge on any atom is 0.252 e. The number of amides is 1. The van der Waals surface area contributed by atoms with Crippen LogP contribution >= 0.6 is 23.2 Å². The number of likely N-dealkylation sites (N-methyl/N-ethyl adjacent to an activating group) is 1. The van der Waals surface area contributed by atoms with Crippen LogP contribution in [0.5, 0.6) is 5.75 Å². The zero-order valence-corrected chi connectivity index (χ0v) is 21.6. The molecular weight excluding hydrogens is 525 g/mol. The summed E-state index contributed by atoms with van der Waals surface area (Å²) in [6.45, 7) is 5.44. The van der Waals surface area contributed by atoms with Crippen LogP contribution in [0.3, 0.4) is 0 Å². The summed E-state index contributed by atoms with van der Waals surface area (Å²) in [7, 11) is 2.11. The maximum absolute atomic E-state index is 14.7. The molecule has 3 N–H and O–H groups in total. The van der Waals surface area contributed by atoms with E-state index in [1.165, 1.54) is 18.3 Å². The largest absolute Gasteiger partial charge is 0.490 e. The highest BCUT2D eigenvalue weighted by Gasteiger charge is 2.20. The van der Waals surface area contributed by atoms with Crippen LogP contribution < -0.4 is 15.8 Å². The van der Waals surface area contributed by atoms with Gasteiger partial charge in [-0.05, 0) is 37.7 Å². The Hall–Kier alpha value is -3.05. The van der Waals surface area contributed by atoms with Crippen molar-refractivity contribution >= 4 is 40.7 Å². The van der Waals surface area contributed by atoms with Gasteiger partial charge in [-0.1, -0.05) is 23.2 Å². The van der Waals surface area contributed by atoms with E-state index in [0.717, 1.165) is 51.3 Å². The lowest BCUT2D eigenvalue weighted by atomic mass is 10.1. The van der Waals surface area contributed by atoms with Crippen molar-refractivity contribution in [3.05, 3.63) is 63.8 Å². The van der Waals surface area contributed by atoms with Gasteiger partial charge in [0.25, 0.3) is 5.91 Å². The van der Waals surface area contributed by atoms with Gasteiger partial charge in [-0.2, -0.15) is 0 Å². The smallest absolute Gasteiger partial charge is 0.252 e. The number of carbonyl (C=O) groups excluding carboxylic acids is 1. The monoisotopic (exact) mass is 550 g/mol. The number of piperazine rings is 1. The number of hydrogen-bond donors (Lipinski definition) is 2. The van der Waals surface area contributed by atoms with E-state index in [4.69, 9.17) is 33.7 Å². The highest BCUT2D eigenvalue weighted by molar-refractivity contribution is 6.39. The highest BCUT2D eigenvalue weighted by atomic mass is 35.5. The summed E-state index contributed by atoms with van der Waals surface area (Å²) in [6, 6.07) is 6.46. The molecule has 0 unspecified atom stereocenters. The van der Waals surface area contributed by atoms with E-state index in [9.17, 15) is 13.6 Å². The van der Waals surface area contributed by atoms with Crippen molar-refractivity contribution in [2.24, 2.45) is 5.73 Å². The molecule has 0 atom stereocenters. The third kappa shape index (κ3) is 6.84. The summed E-state index contributed by atoms with van der Waals surface area (Å²) >= 11 is 12.3. The van der Waals surface area contributed by atoms with Crippen molar-refractivity contribution in [2.45, 2.75) is 6.42 Å². The Labute approximate surface area is 223 Å². The first-order valence-corrected chi connectivity index (χ1v) is 12.4. The van der Waals surface area contributed by atoms with E-state index >= 15 is 0 Å². The highest BCUT2D eigenvalue weighted by Crippen LogP contribution is 2.36. The van der Waals surface area contributed by atoms with Gasteiger partial charge < -0.3 is 25.6 Å². The van der Waals surface area contributed by atoms with E-state index < -0.39 is 17.5 Å². The minimum absolute atomic E-state index is 0.0146. The fourth-order valence-electron chi connectivity index (χ4n) is 3.95. The molecule has 12 heteroatoms. The van der Waals surface area contributed by atoms with Gasteiger partial charge in [0.15, 0.2) is 11.6 Å². The Morgan fingerprint density at radius 2 is 1.84 bits per heavy atom. The number of hydrogen-bond acceptors (Lipinski definition) is 7. The number of rotatable bonds is 9. The molecule has 1 amide bonds. The lowest BCUT2D eigenvalue weighted by molar-refractivity contribution is 0.100. The Bertz CT molecular complexity index is 1270. The number of nitrogens with two attached hydrogens (primary N) is 1. The number of benzene rings is 2. The van der Waals surface area contributed by atoms with Crippen LogP contribution in [0.2, 0.25) is 10.0 Å². The van der Waals surface area contributed by atoms with Crippen LogP contribution in [0.15, 0.2) is 36.5 Å². The second kappa shape index (κ2) is 12.0. The van der Waals surface area contributed by atoms with Gasteiger partial charge in [-0.3, -0.25) is 4.79 Å². The van der Waals surface area contributed by atoms with Gasteiger partial charge in [-0.15, -0.1) is 0 Å². The van der Waals surface area contributed by atoms with Gasteiger partial charge in [0.1, 0.15) is 5.82 Å². The first-order chi connectivity index (χ1) is 17.7. The number of carbonyl (C=O) groups is 1. The van der Waals surface area contributed by atoms with Crippen molar-refractivity contribution in [1.29, 1.82) is 0 Å². The van der Waals surface area contributed by atoms with Gasteiger partial charge >= 0.3 is 0 Å². The molecule has 1 aliphatic rings. The first kappa shape index (κ1) is 27.0. The molecule has 2 aromatic carbocycles. The molecule has 0 spiro atoms. The summed E-state index contributed by atoms with van der Waals surface area (Å²) in [4.78, 5) is 25.0. The Kier molecular flexibility index (Phi) is 8.75. The molecule has 37 heavy (non-hydrogen) atoms. The van der Waals surface area contributed by atoms with Crippen LogP contribution in [-0.2, 0) is 0 Å². The van der Waals surface area contributed by atoms with Crippen LogP contribution in [0.25, 0.3) is 11.3 Å². The number of primary amides is 1. The maximum atomic E-state index is 14.7. The molecule has 1 aromatic heterocycles. The summed E-state index contributed by atoms with van der Waals surface area (Å²) < 4.78 is 34.0. The van der Waals surface area contributed by atoms with Gasteiger partial charge in [-0.25, -0.2) is 18.7 Å². The van der Waals surface area contributed by atoms with E-state index in [1.54, 1.807) is 6.07 Å². The summed E-state index contributed by atoms with van der Waals surface area (Å²) in [6.07, 6.45) is 1.98. The SMILES string of the molecule is CN1CCN(CCCOc2ccc(Nc3ncc(C(N)=O)c(-c4c(Cl)cc(F)cc4Cl)n3)cc2F)CC1. The molecule has 1 aliphatic heterocycles. The van der Waals surface area contributed by atoms with Gasteiger partial charge in [0, 0.05) is 56.2 Å². The number of halogens is 4. The molecule has 3 aromatic rings. The topological polar surface area (TPSA) is 96.6 Å². The molecule has 0 radical (unpaired) electrons. The first-order valence-electron chi connectivity index (χ1n) is 11.6. The summed E-state index contributed by atoms with van der Waals surface area (Å²) in [5, 5.41) is 2.76. The van der Waals surface area contributed by atoms with Gasteiger partial charge in [0.05, 0.1) is 27.9 Å². The number of nitrogens with zero attached hydrogens (tertiary/aromatic N) is 4. The molecular formula is C25H26Cl2F2N6O2. The van der Waals surface area contributed by atoms with E-state index in [1.807, 2.05) is 0 Å². The van der Waals surface area contributed by atoms with E-state index in [-0.39, 0.29) is 38.6 Å². The van der Waals surface area contributed by atoms with Crippen LogP contribution in [0.1, 0.15) is 16.8 Å². The summed E-state index contributed by atoms with van der Waals surface area (Å²) in [5.74, 6) is -1.86. The second-order valence-corrected chi connectivity index (χ2v) is 9.50. The molecule has 0 aliphatic carbocycles. The fourth-order valence-corrected chi connectivity index (χ4v) is 4.59. The quantitative estimate of drug-likeness (QED) is 0.376. The summed E-state index contributed by atoms with van der Waals surface area (Å²) in [5.41, 5.74) is 5.87. The predicted molar refractivity (Wildman–Crippen MR) is 140 cm³/mol. The van der Waals surface area contributed by atoms with E-state index in [2.05, 4.69) is 32.1 Å². The third-order valence-corrected chi connectivity index (χ3v) is 6.55. The minimum atomic E-state index is -0.821. The van der Waals surface area contributed by atoms with Crippen LogP contribution in [0, 0.1) is 11.6 Å². The van der Waals surface area contributed by atoms with Crippen molar-refractivity contribution in [2.75, 3.05) is 51.7 Å². The lowest BCUT2D eigenvalue weighted by Crippen LogP contribution is -2.44. The second-order valence-electron chi connectivity index (χ2n) is 8.68. The Balaban J connectivity index is 1.44. The van der Waals surface area contributed by atoms with Gasteiger partial charge in [0.2, 0.25) is 5.95 Å². The fraction of sp³-hybridized carbons (Fsp3) is 0.320. The number of nitrogens with one attached hydrogen (secondary N) is 1. The van der Waals surface area contributed by atoms with Crippen molar-refractivity contribution < 1.29 is 18.3 Å². The molecule has 0 bridgehead atoms. The van der Waals surface area contributed by atoms with Crippen LogP contribution in [0.4, 0.5) is 20.4 Å². The molecule has 196 valence electrons. The molecule has 1 saturated heterocycles. The number of ether oxygens (including phenoxy) is 1. The molecule has 0 saturated carbocycles. The molecule has 4 rings (SSSR count). The van der Waals surface area contributed by atoms with E-state index in [0.29, 0.717) is 12.3 Å². The zero-order valence-electron chi connectivity index (χ0n) is 20.1. The van der Waals surface area contributed by atoms with Crippen molar-refractivity contribution in [3.8, 4) is 17.0 Å². The van der Waals surface area contributed by atoms with Crippen molar-refractivity contribution in [1.82, 2.24) is 19.8 Å². The standard InChI is InChI=1S/C25H26Cl2F2N6O2/c1-34-6-8-35(9-7-34)5-2-10-37-21-4-3-16(13-20(21)29)32-25-31-14-17(24(30)36)23(33-25)22-18(26)11-15(28)12-19(22)27/h3-4,11-14H,2,5-10H2,1H3,(H2,30,36)(H,31,32,33). The average Bonchev–Trinajstić information content (AvgIpc) is 2.83. The minimum Gasteiger partial charge on any atom is -0.490 e. The molecule has 2 heterocycles. The normalized spacial score (nSPS) is 14.5. The Morgan fingerprint density at radius 3 is 2.49 bits per heavy atom. The van der Waals surface area contributed by atoms with Crippen molar-refractivity contribution in [3.63, 3.8) is 0 Å². The zero-order chi connectivity index (χ0) is 26.5. The predicted octanol–water partition coefficient (Wildman–Crippen LogP) is 4.59. The molecule has 8 nitrogen and oxygen atoms in total.